The number of halogens is 3. The Morgan fingerprint density at radius 3 is 2.43 bits per heavy atom. The van der Waals surface area contributed by atoms with Crippen LogP contribution in [0, 0.1) is 0 Å². The highest BCUT2D eigenvalue weighted by molar-refractivity contribution is 5.95. The third kappa shape index (κ3) is 4.12. The van der Waals surface area contributed by atoms with Crippen molar-refractivity contribution in [3.63, 3.8) is 0 Å². The highest BCUT2D eigenvalue weighted by Gasteiger charge is 2.39. The molecular formula is C14H21F3N2O2. The Labute approximate surface area is 122 Å². The summed E-state index contributed by atoms with van der Waals surface area (Å²) in [7, 11) is 0. The number of likely N-dealkylation sites (tertiary alicyclic amines) is 1. The lowest BCUT2D eigenvalue weighted by atomic mass is 10.0. The van der Waals surface area contributed by atoms with Gasteiger partial charge in [0.1, 0.15) is 6.54 Å². The van der Waals surface area contributed by atoms with E-state index in [4.69, 9.17) is 0 Å². The van der Waals surface area contributed by atoms with Crippen LogP contribution in [-0.2, 0) is 4.79 Å². The first-order valence-corrected chi connectivity index (χ1v) is 7.29. The molecule has 0 bridgehead atoms. The van der Waals surface area contributed by atoms with Crippen molar-refractivity contribution in [1.29, 1.82) is 0 Å². The van der Waals surface area contributed by atoms with Crippen LogP contribution in [0.5, 0.6) is 0 Å². The van der Waals surface area contributed by atoms with Crippen molar-refractivity contribution in [2.75, 3.05) is 26.2 Å². The quantitative estimate of drug-likeness (QED) is 0.870. The predicted octanol–water partition coefficient (Wildman–Crippen LogP) is 2.47. The number of piperidine rings is 1. The van der Waals surface area contributed by atoms with Crippen LogP contribution in [0.2, 0.25) is 0 Å². The van der Waals surface area contributed by atoms with Gasteiger partial charge in [0.2, 0.25) is 5.78 Å². The number of carbonyl (C=O) groups is 1. The van der Waals surface area contributed by atoms with Crippen LogP contribution < -0.4 is 0 Å². The zero-order valence-corrected chi connectivity index (χ0v) is 12.1. The fourth-order valence-corrected chi connectivity index (χ4v) is 2.98. The average Bonchev–Trinajstić information content (AvgIpc) is 2.40. The third-order valence-corrected chi connectivity index (χ3v) is 4.07. The Morgan fingerprint density at radius 2 is 1.86 bits per heavy atom. The summed E-state index contributed by atoms with van der Waals surface area (Å²) >= 11 is 0. The van der Waals surface area contributed by atoms with E-state index in [1.54, 1.807) is 6.92 Å². The largest absolute Gasteiger partial charge is 0.503 e. The normalized spacial score (nSPS) is 25.6. The zero-order valence-electron chi connectivity index (χ0n) is 12.1. The molecule has 2 aliphatic rings. The molecule has 4 nitrogen and oxygen atoms in total. The number of ketones is 1. The minimum atomic E-state index is -4.36. The minimum Gasteiger partial charge on any atom is -0.503 e. The maximum absolute atomic E-state index is 12.7. The summed E-state index contributed by atoms with van der Waals surface area (Å²) in [6, 6.07) is -0.546. The summed E-state index contributed by atoms with van der Waals surface area (Å²) in [5, 5.41) is 9.95. The van der Waals surface area contributed by atoms with Gasteiger partial charge in [-0.3, -0.25) is 9.69 Å². The highest BCUT2D eigenvalue weighted by atomic mass is 19.4. The van der Waals surface area contributed by atoms with E-state index in [9.17, 15) is 23.1 Å². The van der Waals surface area contributed by atoms with E-state index in [1.807, 2.05) is 4.90 Å². The molecule has 0 aromatic heterocycles. The molecule has 1 saturated heterocycles. The Bertz CT molecular complexity index is 428. The van der Waals surface area contributed by atoms with Crippen molar-refractivity contribution in [3.05, 3.63) is 11.5 Å². The molecule has 0 amide bonds. The molecule has 1 atom stereocenters. The Morgan fingerprint density at radius 1 is 1.24 bits per heavy atom. The van der Waals surface area contributed by atoms with Crippen LogP contribution in [0.4, 0.5) is 13.2 Å². The topological polar surface area (TPSA) is 43.8 Å². The van der Waals surface area contributed by atoms with Crippen LogP contribution >= 0.6 is 0 Å². The molecule has 2 aliphatic heterocycles. The lowest BCUT2D eigenvalue weighted by Gasteiger charge is -2.39. The smallest absolute Gasteiger partial charge is 0.405 e. The molecule has 21 heavy (non-hydrogen) atoms. The van der Waals surface area contributed by atoms with Gasteiger partial charge in [-0.1, -0.05) is 6.42 Å². The van der Waals surface area contributed by atoms with E-state index in [0.717, 1.165) is 37.3 Å². The SMILES string of the molecule is CC1CC(=O)C(O)=C(CN2CCCCC2)N1CC(F)(F)F. The van der Waals surface area contributed by atoms with Gasteiger partial charge in [-0.2, -0.15) is 13.2 Å². The first-order chi connectivity index (χ1) is 9.78. The highest BCUT2D eigenvalue weighted by Crippen LogP contribution is 2.29. The number of aliphatic hydroxyl groups is 1. The maximum atomic E-state index is 12.7. The molecule has 0 spiro atoms. The second kappa shape index (κ2) is 6.25. The summed E-state index contributed by atoms with van der Waals surface area (Å²) in [6.07, 6.45) is -1.33. The van der Waals surface area contributed by atoms with E-state index in [1.165, 1.54) is 0 Å². The van der Waals surface area contributed by atoms with Crippen molar-refractivity contribution in [3.8, 4) is 0 Å². The first kappa shape index (κ1) is 16.1. The van der Waals surface area contributed by atoms with Crippen LogP contribution in [0.15, 0.2) is 11.5 Å². The Balaban J connectivity index is 2.20. The van der Waals surface area contributed by atoms with Crippen LogP contribution in [0.25, 0.3) is 0 Å². The van der Waals surface area contributed by atoms with E-state index in [-0.39, 0.29) is 18.7 Å². The van der Waals surface area contributed by atoms with Crippen molar-refractivity contribution in [1.82, 2.24) is 9.80 Å². The van der Waals surface area contributed by atoms with E-state index in [0.29, 0.717) is 0 Å². The molecule has 1 unspecified atom stereocenters. The number of alkyl halides is 3. The molecule has 7 heteroatoms. The van der Waals surface area contributed by atoms with Crippen LogP contribution in [-0.4, -0.2) is 59.1 Å². The number of rotatable bonds is 3. The number of carbonyl (C=O) groups excluding carboxylic acids is 1. The molecule has 0 saturated carbocycles. The van der Waals surface area contributed by atoms with Crippen LogP contribution in [0.1, 0.15) is 32.6 Å². The molecule has 120 valence electrons. The molecule has 0 aliphatic carbocycles. The van der Waals surface area contributed by atoms with E-state index >= 15 is 0 Å². The van der Waals surface area contributed by atoms with Gasteiger partial charge in [0.15, 0.2) is 5.76 Å². The number of aliphatic hydroxyl groups excluding tert-OH is 1. The van der Waals surface area contributed by atoms with Crippen molar-refractivity contribution < 1.29 is 23.1 Å². The molecular weight excluding hydrogens is 285 g/mol. The second-order valence-corrected chi connectivity index (χ2v) is 5.85. The summed E-state index contributed by atoms with van der Waals surface area (Å²) in [5.74, 6) is -0.962. The molecule has 0 radical (unpaired) electrons. The predicted molar refractivity (Wildman–Crippen MR) is 71.8 cm³/mol. The molecule has 2 heterocycles. The molecule has 0 aromatic rings. The average molecular weight is 306 g/mol. The molecule has 1 fully saturated rings. The first-order valence-electron chi connectivity index (χ1n) is 7.29. The minimum absolute atomic E-state index is 0.0780. The van der Waals surface area contributed by atoms with Crippen molar-refractivity contribution in [2.45, 2.75) is 44.8 Å². The van der Waals surface area contributed by atoms with Gasteiger partial charge in [-0.05, 0) is 32.9 Å². The third-order valence-electron chi connectivity index (χ3n) is 4.07. The van der Waals surface area contributed by atoms with Gasteiger partial charge in [-0.25, -0.2) is 0 Å². The fourth-order valence-electron chi connectivity index (χ4n) is 2.98. The van der Waals surface area contributed by atoms with Crippen molar-refractivity contribution >= 4 is 5.78 Å². The summed E-state index contributed by atoms with van der Waals surface area (Å²) in [4.78, 5) is 14.9. The number of hydrogen-bond acceptors (Lipinski definition) is 4. The van der Waals surface area contributed by atoms with Gasteiger partial charge in [0.05, 0.1) is 5.70 Å². The standard InChI is InChI=1S/C14H21F3N2O2/c1-10-7-12(20)13(21)11(19(10)9-14(15,16)17)8-18-5-3-2-4-6-18/h10,21H,2-9H2,1H3. The summed E-state index contributed by atoms with van der Waals surface area (Å²) in [5.41, 5.74) is 0.123. The van der Waals surface area contributed by atoms with Gasteiger partial charge < -0.3 is 10.0 Å². The van der Waals surface area contributed by atoms with Gasteiger partial charge >= 0.3 is 6.18 Å². The van der Waals surface area contributed by atoms with Gasteiger partial charge in [0, 0.05) is 19.0 Å². The fraction of sp³-hybridized carbons (Fsp3) is 0.786. The van der Waals surface area contributed by atoms with E-state index in [2.05, 4.69) is 0 Å². The lowest BCUT2D eigenvalue weighted by molar-refractivity contribution is -0.150. The van der Waals surface area contributed by atoms with Gasteiger partial charge in [-0.15, -0.1) is 0 Å². The number of allylic oxidation sites excluding steroid dienone is 1. The monoisotopic (exact) mass is 306 g/mol. The maximum Gasteiger partial charge on any atom is 0.405 e. The zero-order chi connectivity index (χ0) is 15.6. The molecule has 2 rings (SSSR count). The number of nitrogens with zero attached hydrogens (tertiary/aromatic N) is 2. The second-order valence-electron chi connectivity index (χ2n) is 5.85. The Kier molecular flexibility index (Phi) is 4.81. The number of hydrogen-bond donors (Lipinski definition) is 1. The van der Waals surface area contributed by atoms with E-state index < -0.39 is 30.3 Å². The summed E-state index contributed by atoms with van der Waals surface area (Å²) < 4.78 is 38.2. The molecule has 0 aromatic carbocycles. The molecule has 1 N–H and O–H groups in total. The van der Waals surface area contributed by atoms with Crippen molar-refractivity contribution in [2.24, 2.45) is 0 Å². The lowest BCUT2D eigenvalue weighted by Crippen LogP contribution is -2.48. The van der Waals surface area contributed by atoms with Gasteiger partial charge in [0.25, 0.3) is 0 Å². The Hall–Kier alpha value is -1.24. The summed E-state index contributed by atoms with van der Waals surface area (Å²) in [6.45, 7) is 2.25. The van der Waals surface area contributed by atoms with Crippen LogP contribution in [0.3, 0.4) is 0 Å². The number of Topliss-reactive ketones (excluding diaryl/α,β-unsaturated/α-hetero) is 1.